The van der Waals surface area contributed by atoms with Crippen molar-refractivity contribution in [2.75, 3.05) is 0 Å². The number of rotatable bonds is 1. The Morgan fingerprint density at radius 2 is 1.92 bits per heavy atom. The minimum absolute atomic E-state index is 0.427. The molecule has 2 rings (SSSR count). The summed E-state index contributed by atoms with van der Waals surface area (Å²) in [5.41, 5.74) is 0. The van der Waals surface area contributed by atoms with Gasteiger partial charge < -0.3 is 0 Å². The summed E-state index contributed by atoms with van der Waals surface area (Å²) in [4.78, 5) is 11.6. The molecule has 0 saturated carbocycles. The van der Waals surface area contributed by atoms with Crippen LogP contribution < -0.4 is 0 Å². The number of hydrogen-bond donors (Lipinski definition) is 0. The Hall–Kier alpha value is -1.78. The second-order valence-corrected chi connectivity index (χ2v) is 2.55. The second-order valence-electron chi connectivity index (χ2n) is 2.55. The first kappa shape index (κ1) is 7.85. The second kappa shape index (κ2) is 2.93. The molecule has 0 aliphatic carbocycles. The lowest BCUT2D eigenvalue weighted by Gasteiger charge is -2.00. The number of imidazole rings is 1. The van der Waals surface area contributed by atoms with Crippen molar-refractivity contribution in [3.8, 4) is 5.95 Å². The van der Waals surface area contributed by atoms with Gasteiger partial charge in [0, 0.05) is 12.4 Å². The zero-order valence-electron chi connectivity index (χ0n) is 6.98. The van der Waals surface area contributed by atoms with Crippen molar-refractivity contribution < 1.29 is 4.39 Å². The fraction of sp³-hybridized carbons (Fsp3) is 0.125. The molecule has 0 amide bonds. The summed E-state index contributed by atoms with van der Waals surface area (Å²) in [5.74, 6) is 0.754. The highest BCUT2D eigenvalue weighted by molar-refractivity contribution is 5.13. The molecule has 0 saturated heterocycles. The summed E-state index contributed by atoms with van der Waals surface area (Å²) >= 11 is 0. The number of nitrogens with zero attached hydrogens (tertiary/aromatic N) is 4. The minimum Gasteiger partial charge on any atom is -0.272 e. The largest absolute Gasteiger partial charge is 0.272 e. The molecule has 0 N–H and O–H groups in total. The SMILES string of the molecule is Cc1nccn1-c1ncc(F)cn1. The van der Waals surface area contributed by atoms with E-state index in [1.165, 1.54) is 0 Å². The summed E-state index contributed by atoms with van der Waals surface area (Å²) in [6.07, 6.45) is 5.62. The van der Waals surface area contributed by atoms with Gasteiger partial charge in [0.2, 0.25) is 5.95 Å². The predicted octanol–water partition coefficient (Wildman–Crippen LogP) is 1.11. The van der Waals surface area contributed by atoms with Crippen molar-refractivity contribution in [3.05, 3.63) is 36.4 Å². The van der Waals surface area contributed by atoms with Gasteiger partial charge in [0.15, 0.2) is 5.82 Å². The first-order valence-electron chi connectivity index (χ1n) is 3.75. The maximum atomic E-state index is 12.5. The molecular formula is C8H7FN4. The first-order valence-corrected chi connectivity index (χ1v) is 3.75. The molecule has 0 aliphatic rings. The smallest absolute Gasteiger partial charge is 0.235 e. The summed E-state index contributed by atoms with van der Waals surface area (Å²) in [6.45, 7) is 1.83. The van der Waals surface area contributed by atoms with E-state index >= 15 is 0 Å². The topological polar surface area (TPSA) is 43.6 Å². The van der Waals surface area contributed by atoms with E-state index in [9.17, 15) is 4.39 Å². The Balaban J connectivity index is 2.47. The number of aryl methyl sites for hydroxylation is 1. The molecule has 5 heteroatoms. The Labute approximate surface area is 74.1 Å². The lowest BCUT2D eigenvalue weighted by molar-refractivity contribution is 0.610. The average Bonchev–Trinajstić information content (AvgIpc) is 2.53. The van der Waals surface area contributed by atoms with Crippen LogP contribution in [0, 0.1) is 12.7 Å². The fourth-order valence-corrected chi connectivity index (χ4v) is 1.02. The van der Waals surface area contributed by atoms with Gasteiger partial charge in [-0.15, -0.1) is 0 Å². The standard InChI is InChI=1S/C8H7FN4/c1-6-10-2-3-13(6)8-11-4-7(9)5-12-8/h2-5H,1H3. The molecule has 0 spiro atoms. The summed E-state index contributed by atoms with van der Waals surface area (Å²) < 4.78 is 14.2. The molecule has 0 unspecified atom stereocenters. The lowest BCUT2D eigenvalue weighted by atomic mass is 10.6. The third-order valence-electron chi connectivity index (χ3n) is 1.65. The molecule has 13 heavy (non-hydrogen) atoms. The van der Waals surface area contributed by atoms with Crippen molar-refractivity contribution >= 4 is 0 Å². The van der Waals surface area contributed by atoms with Crippen LogP contribution in [0.4, 0.5) is 4.39 Å². The van der Waals surface area contributed by atoms with E-state index in [0.717, 1.165) is 18.2 Å². The average molecular weight is 178 g/mol. The van der Waals surface area contributed by atoms with E-state index in [0.29, 0.717) is 5.95 Å². The molecule has 4 nitrogen and oxygen atoms in total. The van der Waals surface area contributed by atoms with E-state index in [2.05, 4.69) is 15.0 Å². The van der Waals surface area contributed by atoms with Crippen molar-refractivity contribution in [2.45, 2.75) is 6.92 Å². The molecule has 2 heterocycles. The number of hydrogen-bond acceptors (Lipinski definition) is 3. The van der Waals surface area contributed by atoms with E-state index in [1.54, 1.807) is 17.0 Å². The highest BCUT2D eigenvalue weighted by Crippen LogP contribution is 2.03. The van der Waals surface area contributed by atoms with Crippen LogP contribution in [0.1, 0.15) is 5.82 Å². The number of halogens is 1. The monoisotopic (exact) mass is 178 g/mol. The predicted molar refractivity (Wildman–Crippen MR) is 43.8 cm³/mol. The van der Waals surface area contributed by atoms with Crippen LogP contribution in [0.3, 0.4) is 0 Å². The van der Waals surface area contributed by atoms with Crippen molar-refractivity contribution in [2.24, 2.45) is 0 Å². The molecule has 66 valence electrons. The van der Waals surface area contributed by atoms with Gasteiger partial charge in [-0.2, -0.15) is 0 Å². The van der Waals surface area contributed by atoms with Crippen LogP contribution in [0.5, 0.6) is 0 Å². The molecule has 0 atom stereocenters. The maximum Gasteiger partial charge on any atom is 0.235 e. The van der Waals surface area contributed by atoms with Crippen LogP contribution in [0.15, 0.2) is 24.8 Å². The Kier molecular flexibility index (Phi) is 1.77. The third-order valence-corrected chi connectivity index (χ3v) is 1.65. The molecule has 0 fully saturated rings. The van der Waals surface area contributed by atoms with Crippen molar-refractivity contribution in [3.63, 3.8) is 0 Å². The van der Waals surface area contributed by atoms with Crippen LogP contribution in [-0.4, -0.2) is 19.5 Å². The van der Waals surface area contributed by atoms with E-state index in [1.807, 2.05) is 6.92 Å². The van der Waals surface area contributed by atoms with Gasteiger partial charge in [-0.05, 0) is 6.92 Å². The number of aromatic nitrogens is 4. The molecule has 0 bridgehead atoms. The van der Waals surface area contributed by atoms with Crippen LogP contribution >= 0.6 is 0 Å². The van der Waals surface area contributed by atoms with Crippen molar-refractivity contribution in [1.82, 2.24) is 19.5 Å². The zero-order chi connectivity index (χ0) is 9.26. The first-order chi connectivity index (χ1) is 6.27. The molecule has 2 aromatic rings. The van der Waals surface area contributed by atoms with Gasteiger partial charge in [0.1, 0.15) is 5.82 Å². The summed E-state index contributed by atoms with van der Waals surface area (Å²) in [7, 11) is 0. The van der Waals surface area contributed by atoms with Gasteiger partial charge in [-0.25, -0.2) is 19.3 Å². The molecule has 0 aliphatic heterocycles. The molecule has 0 radical (unpaired) electrons. The van der Waals surface area contributed by atoms with Gasteiger partial charge in [-0.1, -0.05) is 0 Å². The molecule has 2 aromatic heterocycles. The highest BCUT2D eigenvalue weighted by atomic mass is 19.1. The van der Waals surface area contributed by atoms with Crippen molar-refractivity contribution in [1.29, 1.82) is 0 Å². The van der Waals surface area contributed by atoms with Crippen LogP contribution in [0.2, 0.25) is 0 Å². The van der Waals surface area contributed by atoms with E-state index < -0.39 is 5.82 Å². The van der Waals surface area contributed by atoms with Gasteiger partial charge in [0.25, 0.3) is 0 Å². The summed E-state index contributed by atoms with van der Waals surface area (Å²) in [6, 6.07) is 0. The minimum atomic E-state index is -0.443. The third kappa shape index (κ3) is 1.40. The van der Waals surface area contributed by atoms with Gasteiger partial charge >= 0.3 is 0 Å². The summed E-state index contributed by atoms with van der Waals surface area (Å²) in [5, 5.41) is 0. The Morgan fingerprint density at radius 3 is 2.46 bits per heavy atom. The molecular weight excluding hydrogens is 171 g/mol. The van der Waals surface area contributed by atoms with Crippen LogP contribution in [0.25, 0.3) is 5.95 Å². The van der Waals surface area contributed by atoms with Gasteiger partial charge in [0.05, 0.1) is 12.4 Å². The normalized spacial score (nSPS) is 10.3. The zero-order valence-corrected chi connectivity index (χ0v) is 6.98. The van der Waals surface area contributed by atoms with E-state index in [-0.39, 0.29) is 0 Å². The van der Waals surface area contributed by atoms with Crippen LogP contribution in [-0.2, 0) is 0 Å². The Morgan fingerprint density at radius 1 is 1.23 bits per heavy atom. The lowest BCUT2D eigenvalue weighted by Crippen LogP contribution is -2.01. The highest BCUT2D eigenvalue weighted by Gasteiger charge is 2.02. The fourth-order valence-electron chi connectivity index (χ4n) is 1.02. The maximum absolute atomic E-state index is 12.5. The molecule has 0 aromatic carbocycles. The Bertz CT molecular complexity index is 406. The van der Waals surface area contributed by atoms with Gasteiger partial charge in [-0.3, -0.25) is 4.57 Å². The quantitative estimate of drug-likeness (QED) is 0.657. The van der Waals surface area contributed by atoms with E-state index in [4.69, 9.17) is 0 Å².